The number of carbonyl (C=O) groups excluding carboxylic acids is 2. The lowest BCUT2D eigenvalue weighted by molar-refractivity contribution is -0.119. The van der Waals surface area contributed by atoms with Gasteiger partial charge in [-0.15, -0.1) is 0 Å². The van der Waals surface area contributed by atoms with Gasteiger partial charge in [-0.25, -0.2) is 13.2 Å². The molecule has 1 N–H and O–H groups in total. The van der Waals surface area contributed by atoms with Crippen LogP contribution in [0.25, 0.3) is 0 Å². The van der Waals surface area contributed by atoms with Crippen molar-refractivity contribution in [2.45, 2.75) is 31.6 Å². The zero-order valence-electron chi connectivity index (χ0n) is 16.5. The SMILES string of the molecule is Cc1cccc(NC(=O)COC(=O)c2ccc(S(=O)(=O)N3CCCC3)cc2)c1C. The molecule has 2 aromatic carbocycles. The van der Waals surface area contributed by atoms with Crippen LogP contribution in [0.1, 0.15) is 34.3 Å². The van der Waals surface area contributed by atoms with Crippen molar-refractivity contribution in [1.82, 2.24) is 4.31 Å². The van der Waals surface area contributed by atoms with Crippen molar-refractivity contribution in [2.75, 3.05) is 25.0 Å². The van der Waals surface area contributed by atoms with Crippen LogP contribution in [0.5, 0.6) is 0 Å². The van der Waals surface area contributed by atoms with Crippen LogP contribution >= 0.6 is 0 Å². The number of rotatable bonds is 6. The van der Waals surface area contributed by atoms with Crippen molar-refractivity contribution in [3.05, 3.63) is 59.2 Å². The summed E-state index contributed by atoms with van der Waals surface area (Å²) in [5.74, 6) is -1.13. The second-order valence-corrected chi connectivity index (χ2v) is 8.95. The third-order valence-corrected chi connectivity index (χ3v) is 6.92. The lowest BCUT2D eigenvalue weighted by atomic mass is 10.1. The van der Waals surface area contributed by atoms with Gasteiger partial charge < -0.3 is 10.1 Å². The average Bonchev–Trinajstić information content (AvgIpc) is 3.25. The number of nitrogens with one attached hydrogen (secondary N) is 1. The molecule has 0 radical (unpaired) electrons. The number of amides is 1. The molecule has 1 heterocycles. The highest BCUT2D eigenvalue weighted by molar-refractivity contribution is 7.89. The van der Waals surface area contributed by atoms with Crippen LogP contribution in [-0.4, -0.2) is 44.3 Å². The Hall–Kier alpha value is -2.71. The van der Waals surface area contributed by atoms with Gasteiger partial charge in [-0.05, 0) is 68.1 Å². The molecular weight excluding hydrogens is 392 g/mol. The molecule has 8 heteroatoms. The monoisotopic (exact) mass is 416 g/mol. The second kappa shape index (κ2) is 8.75. The Labute approximate surface area is 170 Å². The summed E-state index contributed by atoms with van der Waals surface area (Å²) in [6, 6.07) is 11.1. The summed E-state index contributed by atoms with van der Waals surface area (Å²) in [6.07, 6.45) is 1.71. The standard InChI is InChI=1S/C21H24N2O5S/c1-15-6-5-7-19(16(15)2)22-20(24)14-28-21(25)17-8-10-18(11-9-17)29(26,27)23-12-3-4-13-23/h5-11H,3-4,12-14H2,1-2H3,(H,22,24). The number of aryl methyl sites for hydroxylation is 1. The van der Waals surface area contributed by atoms with E-state index in [1.54, 1.807) is 6.07 Å². The molecule has 0 unspecified atom stereocenters. The summed E-state index contributed by atoms with van der Waals surface area (Å²) in [4.78, 5) is 24.4. The molecule has 1 amide bonds. The molecule has 0 spiro atoms. The average molecular weight is 416 g/mol. The Bertz CT molecular complexity index is 1010. The third kappa shape index (κ3) is 4.83. The van der Waals surface area contributed by atoms with Crippen LogP contribution in [-0.2, 0) is 19.6 Å². The van der Waals surface area contributed by atoms with E-state index in [9.17, 15) is 18.0 Å². The van der Waals surface area contributed by atoms with E-state index in [1.165, 1.54) is 28.6 Å². The summed E-state index contributed by atoms with van der Waals surface area (Å²) in [7, 11) is -3.53. The molecule has 0 aromatic heterocycles. The Kier molecular flexibility index (Phi) is 6.34. The van der Waals surface area contributed by atoms with Gasteiger partial charge in [-0.2, -0.15) is 4.31 Å². The predicted octanol–water partition coefficient (Wildman–Crippen LogP) is 2.88. The Balaban J connectivity index is 1.58. The van der Waals surface area contributed by atoms with Crippen LogP contribution in [0.4, 0.5) is 5.69 Å². The van der Waals surface area contributed by atoms with Crippen molar-refractivity contribution < 1.29 is 22.7 Å². The Morgan fingerprint density at radius 3 is 2.34 bits per heavy atom. The summed E-state index contributed by atoms with van der Waals surface area (Å²) in [5, 5.41) is 2.72. The molecule has 29 heavy (non-hydrogen) atoms. The van der Waals surface area contributed by atoms with Crippen LogP contribution in [0, 0.1) is 13.8 Å². The molecule has 154 valence electrons. The lowest BCUT2D eigenvalue weighted by Gasteiger charge is -2.15. The molecule has 1 saturated heterocycles. The zero-order chi connectivity index (χ0) is 21.0. The normalized spacial score (nSPS) is 14.6. The van der Waals surface area contributed by atoms with E-state index in [-0.39, 0.29) is 10.5 Å². The van der Waals surface area contributed by atoms with Gasteiger partial charge in [0.15, 0.2) is 6.61 Å². The number of benzene rings is 2. The Morgan fingerprint density at radius 2 is 1.69 bits per heavy atom. The topological polar surface area (TPSA) is 92.8 Å². The van der Waals surface area contributed by atoms with Gasteiger partial charge in [0, 0.05) is 18.8 Å². The highest BCUT2D eigenvalue weighted by atomic mass is 32.2. The Morgan fingerprint density at radius 1 is 1.03 bits per heavy atom. The zero-order valence-corrected chi connectivity index (χ0v) is 17.3. The maximum absolute atomic E-state index is 12.5. The van der Waals surface area contributed by atoms with Gasteiger partial charge in [0.2, 0.25) is 10.0 Å². The number of ether oxygens (including phenoxy) is 1. The summed E-state index contributed by atoms with van der Waals surface area (Å²) in [6.45, 7) is 4.44. The third-order valence-electron chi connectivity index (χ3n) is 5.01. The number of carbonyl (C=O) groups is 2. The van der Waals surface area contributed by atoms with Crippen LogP contribution < -0.4 is 5.32 Å². The van der Waals surface area contributed by atoms with Crippen molar-refractivity contribution in [2.24, 2.45) is 0 Å². The van der Waals surface area contributed by atoms with Crippen molar-refractivity contribution in [3.63, 3.8) is 0 Å². The van der Waals surface area contributed by atoms with Gasteiger partial charge in [0.25, 0.3) is 5.91 Å². The number of anilines is 1. The number of esters is 1. The molecule has 0 atom stereocenters. The number of sulfonamides is 1. The maximum atomic E-state index is 12.5. The summed E-state index contributed by atoms with van der Waals surface area (Å²) < 4.78 is 31.5. The molecule has 7 nitrogen and oxygen atoms in total. The molecule has 1 aliphatic heterocycles. The fraction of sp³-hybridized carbons (Fsp3) is 0.333. The van der Waals surface area contributed by atoms with Gasteiger partial charge >= 0.3 is 5.97 Å². The first-order chi connectivity index (χ1) is 13.8. The minimum Gasteiger partial charge on any atom is -0.452 e. The van der Waals surface area contributed by atoms with Gasteiger partial charge in [-0.1, -0.05) is 12.1 Å². The maximum Gasteiger partial charge on any atom is 0.338 e. The highest BCUT2D eigenvalue weighted by Crippen LogP contribution is 2.21. The molecule has 1 fully saturated rings. The first kappa shape index (κ1) is 21.0. The fourth-order valence-electron chi connectivity index (χ4n) is 3.13. The van der Waals surface area contributed by atoms with E-state index < -0.39 is 28.5 Å². The lowest BCUT2D eigenvalue weighted by Crippen LogP contribution is -2.27. The minimum atomic E-state index is -3.53. The van der Waals surface area contributed by atoms with Crippen molar-refractivity contribution >= 4 is 27.6 Å². The van der Waals surface area contributed by atoms with Crippen LogP contribution in [0.2, 0.25) is 0 Å². The second-order valence-electron chi connectivity index (χ2n) is 7.01. The van der Waals surface area contributed by atoms with Crippen LogP contribution in [0.3, 0.4) is 0 Å². The first-order valence-electron chi connectivity index (χ1n) is 9.42. The molecule has 3 rings (SSSR count). The summed E-state index contributed by atoms with van der Waals surface area (Å²) >= 11 is 0. The minimum absolute atomic E-state index is 0.142. The van der Waals surface area contributed by atoms with E-state index in [2.05, 4.69) is 5.32 Å². The van der Waals surface area contributed by atoms with E-state index in [4.69, 9.17) is 4.74 Å². The van der Waals surface area contributed by atoms with Crippen molar-refractivity contribution in [1.29, 1.82) is 0 Å². The molecule has 0 saturated carbocycles. The fourth-order valence-corrected chi connectivity index (χ4v) is 4.64. The molecule has 0 aliphatic carbocycles. The smallest absolute Gasteiger partial charge is 0.338 e. The quantitative estimate of drug-likeness (QED) is 0.731. The van der Waals surface area contributed by atoms with E-state index in [0.717, 1.165) is 24.0 Å². The first-order valence-corrected chi connectivity index (χ1v) is 10.9. The summed E-state index contributed by atoms with van der Waals surface area (Å²) in [5.41, 5.74) is 2.85. The number of nitrogens with zero attached hydrogens (tertiary/aromatic N) is 1. The van der Waals surface area contributed by atoms with E-state index >= 15 is 0 Å². The largest absolute Gasteiger partial charge is 0.452 e. The molecule has 2 aromatic rings. The predicted molar refractivity (Wildman–Crippen MR) is 109 cm³/mol. The van der Waals surface area contributed by atoms with E-state index in [0.29, 0.717) is 18.8 Å². The van der Waals surface area contributed by atoms with Crippen molar-refractivity contribution in [3.8, 4) is 0 Å². The highest BCUT2D eigenvalue weighted by Gasteiger charge is 2.27. The number of hydrogen-bond acceptors (Lipinski definition) is 5. The number of hydrogen-bond donors (Lipinski definition) is 1. The molecule has 1 aliphatic rings. The van der Waals surface area contributed by atoms with Gasteiger partial charge in [0.1, 0.15) is 0 Å². The van der Waals surface area contributed by atoms with Crippen LogP contribution in [0.15, 0.2) is 47.4 Å². The molecular formula is C21H24N2O5S. The molecule has 0 bridgehead atoms. The van der Waals surface area contributed by atoms with Gasteiger partial charge in [0.05, 0.1) is 10.5 Å². The van der Waals surface area contributed by atoms with E-state index in [1.807, 2.05) is 26.0 Å². The van der Waals surface area contributed by atoms with Gasteiger partial charge in [-0.3, -0.25) is 4.79 Å².